The van der Waals surface area contributed by atoms with Crippen LogP contribution in [0.25, 0.3) is 0 Å². The van der Waals surface area contributed by atoms with Crippen molar-refractivity contribution in [1.82, 2.24) is 5.32 Å². The topological polar surface area (TPSA) is 46.2 Å². The van der Waals surface area contributed by atoms with Crippen LogP contribution in [0.1, 0.15) is 39.0 Å². The number of sulfone groups is 1. The summed E-state index contributed by atoms with van der Waals surface area (Å²) in [4.78, 5) is 0. The largest absolute Gasteiger partial charge is 0.316 e. The van der Waals surface area contributed by atoms with Crippen LogP contribution >= 0.6 is 0 Å². The zero-order chi connectivity index (χ0) is 12.0. The summed E-state index contributed by atoms with van der Waals surface area (Å²) in [6, 6.07) is 0. The molecule has 1 saturated carbocycles. The highest BCUT2D eigenvalue weighted by Gasteiger charge is 2.20. The van der Waals surface area contributed by atoms with Gasteiger partial charge in [0.15, 0.2) is 0 Å². The van der Waals surface area contributed by atoms with Gasteiger partial charge in [0.25, 0.3) is 0 Å². The smallest absolute Gasteiger partial charge is 0.147 e. The summed E-state index contributed by atoms with van der Waals surface area (Å²) in [7, 11) is -2.78. The lowest BCUT2D eigenvalue weighted by Crippen LogP contribution is -2.30. The molecule has 96 valence electrons. The van der Waals surface area contributed by atoms with Crippen molar-refractivity contribution in [3.8, 4) is 0 Å². The van der Waals surface area contributed by atoms with Gasteiger partial charge in [-0.25, -0.2) is 8.42 Å². The lowest BCUT2D eigenvalue weighted by Gasteiger charge is -2.28. The second-order valence-corrected chi connectivity index (χ2v) is 7.47. The molecule has 16 heavy (non-hydrogen) atoms. The van der Waals surface area contributed by atoms with E-state index in [0.717, 1.165) is 31.3 Å². The van der Waals surface area contributed by atoms with E-state index in [2.05, 4.69) is 12.2 Å². The van der Waals surface area contributed by atoms with E-state index in [1.54, 1.807) is 0 Å². The van der Waals surface area contributed by atoms with Crippen LogP contribution in [-0.4, -0.2) is 33.5 Å². The fourth-order valence-corrected chi connectivity index (χ4v) is 3.11. The molecule has 0 bridgehead atoms. The summed E-state index contributed by atoms with van der Waals surface area (Å²) < 4.78 is 21.8. The van der Waals surface area contributed by atoms with Crippen LogP contribution in [0.2, 0.25) is 0 Å². The van der Waals surface area contributed by atoms with Crippen LogP contribution in [0, 0.1) is 11.8 Å². The summed E-state index contributed by atoms with van der Waals surface area (Å²) in [6.45, 7) is 4.23. The molecule has 2 unspecified atom stereocenters. The highest BCUT2D eigenvalue weighted by Crippen LogP contribution is 2.28. The van der Waals surface area contributed by atoms with Gasteiger partial charge in [0.1, 0.15) is 9.84 Å². The first-order chi connectivity index (χ1) is 7.49. The maximum absolute atomic E-state index is 10.9. The average molecular weight is 247 g/mol. The molecule has 1 aliphatic carbocycles. The number of nitrogens with one attached hydrogen (secondary N) is 1. The molecule has 0 radical (unpaired) electrons. The third kappa shape index (κ3) is 5.85. The van der Waals surface area contributed by atoms with Gasteiger partial charge in [-0.05, 0) is 37.8 Å². The summed E-state index contributed by atoms with van der Waals surface area (Å²) >= 11 is 0. The van der Waals surface area contributed by atoms with Crippen LogP contribution in [0.15, 0.2) is 0 Å². The lowest BCUT2D eigenvalue weighted by atomic mass is 9.80. The molecular weight excluding hydrogens is 222 g/mol. The predicted molar refractivity (Wildman–Crippen MR) is 68.3 cm³/mol. The molecule has 0 aromatic rings. The fraction of sp³-hybridized carbons (Fsp3) is 1.00. The zero-order valence-electron chi connectivity index (χ0n) is 10.5. The van der Waals surface area contributed by atoms with Crippen molar-refractivity contribution in [2.24, 2.45) is 11.8 Å². The predicted octanol–water partition coefficient (Wildman–Crippen LogP) is 1.84. The third-order valence-corrected chi connectivity index (χ3v) is 4.59. The fourth-order valence-electron chi connectivity index (χ4n) is 2.44. The Morgan fingerprint density at radius 3 is 2.56 bits per heavy atom. The van der Waals surface area contributed by atoms with Crippen molar-refractivity contribution in [2.75, 3.05) is 25.1 Å². The molecule has 3 nitrogen and oxygen atoms in total. The molecule has 1 rings (SSSR count). The Labute approximate surface area is 99.9 Å². The normalized spacial score (nSPS) is 26.9. The van der Waals surface area contributed by atoms with E-state index in [1.165, 1.54) is 31.9 Å². The first-order valence-electron chi connectivity index (χ1n) is 6.37. The number of hydrogen-bond donors (Lipinski definition) is 1. The standard InChI is InChI=1S/C12H25NO2S/c1-11-6-3-4-7-12(11)10-13-8-5-9-16(2,14)15/h11-13H,3-10H2,1-2H3. The van der Waals surface area contributed by atoms with Gasteiger partial charge in [0.05, 0.1) is 5.75 Å². The molecule has 0 aliphatic heterocycles. The Balaban J connectivity index is 2.06. The maximum Gasteiger partial charge on any atom is 0.147 e. The highest BCUT2D eigenvalue weighted by molar-refractivity contribution is 7.90. The van der Waals surface area contributed by atoms with Crippen molar-refractivity contribution in [3.63, 3.8) is 0 Å². The first kappa shape index (κ1) is 14.0. The average Bonchev–Trinajstić information content (AvgIpc) is 2.18. The molecule has 2 atom stereocenters. The molecular formula is C12H25NO2S. The highest BCUT2D eigenvalue weighted by atomic mass is 32.2. The monoisotopic (exact) mass is 247 g/mol. The van der Waals surface area contributed by atoms with Gasteiger partial charge in [-0.15, -0.1) is 0 Å². The lowest BCUT2D eigenvalue weighted by molar-refractivity contribution is 0.248. The van der Waals surface area contributed by atoms with Gasteiger partial charge in [-0.1, -0.05) is 26.2 Å². The molecule has 0 spiro atoms. The second kappa shape index (κ2) is 6.60. The molecule has 0 heterocycles. The van der Waals surface area contributed by atoms with E-state index in [0.29, 0.717) is 5.75 Å². The number of rotatable bonds is 6. The van der Waals surface area contributed by atoms with Crippen LogP contribution in [-0.2, 0) is 9.84 Å². The van der Waals surface area contributed by atoms with Crippen molar-refractivity contribution >= 4 is 9.84 Å². The van der Waals surface area contributed by atoms with E-state index < -0.39 is 9.84 Å². The third-order valence-electron chi connectivity index (χ3n) is 3.56. The van der Waals surface area contributed by atoms with E-state index in [9.17, 15) is 8.42 Å². The Hall–Kier alpha value is -0.0900. The maximum atomic E-state index is 10.9. The van der Waals surface area contributed by atoms with Gasteiger partial charge in [0, 0.05) is 6.26 Å². The minimum Gasteiger partial charge on any atom is -0.316 e. The van der Waals surface area contributed by atoms with Crippen LogP contribution in [0.4, 0.5) is 0 Å². The molecule has 1 aliphatic rings. The Morgan fingerprint density at radius 1 is 1.25 bits per heavy atom. The summed E-state index contributed by atoms with van der Waals surface area (Å²) in [5.74, 6) is 1.93. The van der Waals surface area contributed by atoms with E-state index >= 15 is 0 Å². The summed E-state index contributed by atoms with van der Waals surface area (Å²) in [5, 5.41) is 3.39. The van der Waals surface area contributed by atoms with E-state index in [1.807, 2.05) is 0 Å². The van der Waals surface area contributed by atoms with Gasteiger partial charge in [0.2, 0.25) is 0 Å². The van der Waals surface area contributed by atoms with Gasteiger partial charge in [-0.2, -0.15) is 0 Å². The van der Waals surface area contributed by atoms with Crippen LogP contribution < -0.4 is 5.32 Å². The summed E-state index contributed by atoms with van der Waals surface area (Å²) in [6.07, 6.45) is 7.47. The van der Waals surface area contributed by atoms with Gasteiger partial charge in [-0.3, -0.25) is 0 Å². The molecule has 0 saturated heterocycles. The number of hydrogen-bond acceptors (Lipinski definition) is 3. The van der Waals surface area contributed by atoms with Crippen molar-refractivity contribution in [2.45, 2.75) is 39.0 Å². The zero-order valence-corrected chi connectivity index (χ0v) is 11.4. The van der Waals surface area contributed by atoms with Gasteiger partial charge < -0.3 is 5.32 Å². The van der Waals surface area contributed by atoms with Crippen molar-refractivity contribution in [1.29, 1.82) is 0 Å². The Bertz CT molecular complexity index is 287. The summed E-state index contributed by atoms with van der Waals surface area (Å²) in [5.41, 5.74) is 0. The Morgan fingerprint density at radius 2 is 1.94 bits per heavy atom. The van der Waals surface area contributed by atoms with Crippen LogP contribution in [0.5, 0.6) is 0 Å². The van der Waals surface area contributed by atoms with Gasteiger partial charge >= 0.3 is 0 Å². The quantitative estimate of drug-likeness (QED) is 0.729. The second-order valence-electron chi connectivity index (χ2n) is 5.21. The van der Waals surface area contributed by atoms with Crippen molar-refractivity contribution in [3.05, 3.63) is 0 Å². The molecule has 0 aromatic carbocycles. The molecule has 1 fully saturated rings. The molecule has 1 N–H and O–H groups in total. The minimum absolute atomic E-state index is 0.306. The van der Waals surface area contributed by atoms with Crippen LogP contribution in [0.3, 0.4) is 0 Å². The molecule has 0 amide bonds. The first-order valence-corrected chi connectivity index (χ1v) is 8.43. The van der Waals surface area contributed by atoms with E-state index in [-0.39, 0.29) is 0 Å². The van der Waals surface area contributed by atoms with Crippen molar-refractivity contribution < 1.29 is 8.42 Å². The SMILES string of the molecule is CC1CCCCC1CNCCCS(C)(=O)=O. The molecule has 4 heteroatoms. The minimum atomic E-state index is -2.78. The Kier molecular flexibility index (Phi) is 5.76. The van der Waals surface area contributed by atoms with E-state index in [4.69, 9.17) is 0 Å². The molecule has 0 aromatic heterocycles.